The second-order valence-electron chi connectivity index (χ2n) is 7.68. The lowest BCUT2D eigenvalue weighted by atomic mass is 10.1. The summed E-state index contributed by atoms with van der Waals surface area (Å²) in [5, 5.41) is 8.33. The zero-order valence-corrected chi connectivity index (χ0v) is 19.6. The summed E-state index contributed by atoms with van der Waals surface area (Å²) in [4.78, 5) is 25.6. The van der Waals surface area contributed by atoms with Crippen LogP contribution in [0.5, 0.6) is 0 Å². The molecule has 4 rings (SSSR count). The molecule has 0 saturated carbocycles. The maximum Gasteiger partial charge on any atom is 0.347 e. The normalized spacial score (nSPS) is 10.9. The van der Waals surface area contributed by atoms with Gasteiger partial charge in [-0.1, -0.05) is 53.5 Å². The lowest BCUT2D eigenvalue weighted by molar-refractivity contribution is -0.121. The Morgan fingerprint density at radius 2 is 1.74 bits per heavy atom. The molecule has 174 valence electrons. The third-order valence-electron chi connectivity index (χ3n) is 5.23. The average Bonchev–Trinajstić information content (AvgIpc) is 3.11. The molecule has 0 aliphatic rings. The van der Waals surface area contributed by atoms with Gasteiger partial charge in [0.2, 0.25) is 5.91 Å². The van der Waals surface area contributed by atoms with Gasteiger partial charge in [-0.15, -0.1) is 5.10 Å². The first kappa shape index (κ1) is 23.7. The van der Waals surface area contributed by atoms with Gasteiger partial charge in [-0.05, 0) is 54.4 Å². The number of nitrogens with one attached hydrogen (secondary N) is 1. The van der Waals surface area contributed by atoms with Crippen LogP contribution in [0.4, 0.5) is 4.39 Å². The molecule has 0 bridgehead atoms. The van der Waals surface area contributed by atoms with Crippen molar-refractivity contribution in [3.05, 3.63) is 110 Å². The molecule has 1 aromatic heterocycles. The Morgan fingerprint density at radius 3 is 2.47 bits per heavy atom. The highest BCUT2D eigenvalue weighted by Crippen LogP contribution is 2.20. The molecular weight excluding hydrogens is 478 g/mol. The Hall–Kier alpha value is -3.42. The van der Waals surface area contributed by atoms with Crippen LogP contribution < -0.4 is 11.0 Å². The van der Waals surface area contributed by atoms with E-state index in [1.165, 1.54) is 10.6 Å². The molecule has 0 spiro atoms. The van der Waals surface area contributed by atoms with Gasteiger partial charge in [0.1, 0.15) is 12.4 Å². The van der Waals surface area contributed by atoms with Crippen LogP contribution in [0.1, 0.15) is 11.1 Å². The van der Waals surface area contributed by atoms with E-state index < -0.39 is 11.5 Å². The summed E-state index contributed by atoms with van der Waals surface area (Å²) < 4.78 is 16.7. The summed E-state index contributed by atoms with van der Waals surface area (Å²) in [6.07, 6.45) is 0.596. The highest BCUT2D eigenvalue weighted by Gasteiger charge is 2.18. The Balaban J connectivity index is 1.55. The molecule has 1 heterocycles. The molecule has 0 unspecified atom stereocenters. The molecule has 0 radical (unpaired) electrons. The Labute approximate surface area is 205 Å². The minimum atomic E-state index is -0.516. The topological polar surface area (TPSA) is 68.9 Å². The van der Waals surface area contributed by atoms with Crippen LogP contribution in [0.2, 0.25) is 10.0 Å². The van der Waals surface area contributed by atoms with E-state index >= 15 is 0 Å². The second-order valence-corrected chi connectivity index (χ2v) is 8.55. The molecule has 0 atom stereocenters. The molecule has 0 saturated heterocycles. The van der Waals surface area contributed by atoms with Crippen molar-refractivity contribution in [1.29, 1.82) is 0 Å². The van der Waals surface area contributed by atoms with Crippen LogP contribution in [0.3, 0.4) is 0 Å². The van der Waals surface area contributed by atoms with E-state index in [1.54, 1.807) is 48.5 Å². The number of benzene rings is 3. The van der Waals surface area contributed by atoms with Gasteiger partial charge in [-0.2, -0.15) is 0 Å². The summed E-state index contributed by atoms with van der Waals surface area (Å²) in [5.41, 5.74) is 1.44. The van der Waals surface area contributed by atoms with Crippen LogP contribution in [0.25, 0.3) is 11.4 Å². The largest absolute Gasteiger partial charge is 0.354 e. The number of nitrogens with zero attached hydrogens (tertiary/aromatic N) is 3. The van der Waals surface area contributed by atoms with E-state index in [2.05, 4.69) is 10.4 Å². The van der Waals surface area contributed by atoms with Gasteiger partial charge in [-0.3, -0.25) is 9.36 Å². The van der Waals surface area contributed by atoms with Crippen LogP contribution in [0, 0.1) is 5.82 Å². The molecule has 0 aliphatic carbocycles. The van der Waals surface area contributed by atoms with Crippen molar-refractivity contribution in [3.8, 4) is 11.4 Å². The van der Waals surface area contributed by atoms with Crippen LogP contribution in [-0.4, -0.2) is 26.8 Å². The molecule has 9 heteroatoms. The molecule has 3 aromatic carbocycles. The van der Waals surface area contributed by atoms with Crippen molar-refractivity contribution < 1.29 is 9.18 Å². The number of rotatable bonds is 8. The number of amides is 1. The third-order valence-corrected chi connectivity index (χ3v) is 5.72. The molecule has 6 nitrogen and oxygen atoms in total. The van der Waals surface area contributed by atoms with Crippen molar-refractivity contribution in [3.63, 3.8) is 0 Å². The number of hydrogen-bond donors (Lipinski definition) is 1. The first-order chi connectivity index (χ1) is 16.4. The SMILES string of the molecule is O=C(Cn1nc(-c2ccc(Cl)cc2)n(Cc2ccccc2F)c1=O)NCCc1cccc(Cl)c1. The van der Waals surface area contributed by atoms with Gasteiger partial charge in [0.15, 0.2) is 5.82 Å². The summed E-state index contributed by atoms with van der Waals surface area (Å²) in [6.45, 7) is 0.0903. The quantitative estimate of drug-likeness (QED) is 0.387. The molecular formula is C25H21Cl2FN4O2. The van der Waals surface area contributed by atoms with E-state index in [4.69, 9.17) is 23.2 Å². The summed E-state index contributed by atoms with van der Waals surface area (Å²) in [5.74, 6) is -0.470. The maximum absolute atomic E-state index is 14.3. The molecule has 0 aliphatic heterocycles. The smallest absolute Gasteiger partial charge is 0.347 e. The first-order valence-corrected chi connectivity index (χ1v) is 11.3. The van der Waals surface area contributed by atoms with Crippen LogP contribution in [0.15, 0.2) is 77.6 Å². The average molecular weight is 499 g/mol. The third kappa shape index (κ3) is 5.73. The van der Waals surface area contributed by atoms with Gasteiger partial charge >= 0.3 is 5.69 Å². The Kier molecular flexibility index (Phi) is 7.45. The summed E-state index contributed by atoms with van der Waals surface area (Å²) >= 11 is 12.0. The fourth-order valence-electron chi connectivity index (χ4n) is 3.53. The van der Waals surface area contributed by atoms with Gasteiger partial charge in [0.05, 0.1) is 6.54 Å². The first-order valence-electron chi connectivity index (χ1n) is 10.6. The molecule has 0 fully saturated rings. The van der Waals surface area contributed by atoms with E-state index in [9.17, 15) is 14.0 Å². The number of aromatic nitrogens is 3. The molecule has 1 N–H and O–H groups in total. The van der Waals surface area contributed by atoms with E-state index in [-0.39, 0.29) is 19.0 Å². The predicted molar refractivity (Wildman–Crippen MR) is 131 cm³/mol. The van der Waals surface area contributed by atoms with E-state index in [1.807, 2.05) is 18.2 Å². The minimum absolute atomic E-state index is 0.0279. The van der Waals surface area contributed by atoms with Crippen molar-refractivity contribution in [1.82, 2.24) is 19.7 Å². The van der Waals surface area contributed by atoms with Crippen molar-refractivity contribution in [2.24, 2.45) is 0 Å². The summed E-state index contributed by atoms with van der Waals surface area (Å²) in [6, 6.07) is 20.4. The van der Waals surface area contributed by atoms with Gasteiger partial charge < -0.3 is 5.32 Å². The second kappa shape index (κ2) is 10.7. The van der Waals surface area contributed by atoms with E-state index in [0.29, 0.717) is 40.0 Å². The van der Waals surface area contributed by atoms with Crippen molar-refractivity contribution >= 4 is 29.1 Å². The predicted octanol–water partition coefficient (Wildman–Crippen LogP) is 4.56. The standard InChI is InChI=1S/C25H21Cl2FN4O2/c26-20-10-8-18(9-11-20)24-30-32(25(34)31(24)15-19-5-1-2-7-22(19)28)16-23(33)29-13-12-17-4-3-6-21(27)14-17/h1-11,14H,12-13,15-16H2,(H,29,33). The zero-order valence-electron chi connectivity index (χ0n) is 18.0. The van der Waals surface area contributed by atoms with Gasteiger partial charge in [0, 0.05) is 27.7 Å². The Morgan fingerprint density at radius 1 is 0.971 bits per heavy atom. The summed E-state index contributed by atoms with van der Waals surface area (Å²) in [7, 11) is 0. The lowest BCUT2D eigenvalue weighted by Gasteiger charge is -2.07. The number of hydrogen-bond acceptors (Lipinski definition) is 3. The monoisotopic (exact) mass is 498 g/mol. The number of halogens is 3. The molecule has 1 amide bonds. The zero-order chi connectivity index (χ0) is 24.1. The van der Waals surface area contributed by atoms with Crippen LogP contribution in [-0.2, 0) is 24.3 Å². The number of carbonyl (C=O) groups excluding carboxylic acids is 1. The van der Waals surface area contributed by atoms with E-state index in [0.717, 1.165) is 10.2 Å². The van der Waals surface area contributed by atoms with Crippen molar-refractivity contribution in [2.45, 2.75) is 19.5 Å². The maximum atomic E-state index is 14.3. The Bertz CT molecular complexity index is 1370. The van der Waals surface area contributed by atoms with Gasteiger partial charge in [-0.25, -0.2) is 13.9 Å². The highest BCUT2D eigenvalue weighted by molar-refractivity contribution is 6.30. The number of carbonyl (C=O) groups is 1. The van der Waals surface area contributed by atoms with Gasteiger partial charge in [0.25, 0.3) is 0 Å². The minimum Gasteiger partial charge on any atom is -0.354 e. The fourth-order valence-corrected chi connectivity index (χ4v) is 3.87. The molecule has 34 heavy (non-hydrogen) atoms. The highest BCUT2D eigenvalue weighted by atomic mass is 35.5. The van der Waals surface area contributed by atoms with Crippen molar-refractivity contribution in [2.75, 3.05) is 6.54 Å². The molecule has 4 aromatic rings. The lowest BCUT2D eigenvalue weighted by Crippen LogP contribution is -2.34. The fraction of sp³-hybridized carbons (Fsp3) is 0.160. The van der Waals surface area contributed by atoms with Crippen LogP contribution >= 0.6 is 23.2 Å².